The fourth-order valence-corrected chi connectivity index (χ4v) is 1.97. The third-order valence-corrected chi connectivity index (χ3v) is 3.19. The van der Waals surface area contributed by atoms with Gasteiger partial charge in [0, 0.05) is 19.1 Å². The van der Waals surface area contributed by atoms with Crippen LogP contribution in [0.4, 0.5) is 5.82 Å². The predicted molar refractivity (Wildman–Crippen MR) is 62.9 cm³/mol. The number of rotatable bonds is 1. The number of nitriles is 1. The van der Waals surface area contributed by atoms with Crippen molar-refractivity contribution in [2.45, 2.75) is 19.4 Å². The Hall–Kier alpha value is -1.60. The van der Waals surface area contributed by atoms with Gasteiger partial charge in [0.2, 0.25) is 0 Å². The van der Waals surface area contributed by atoms with E-state index in [0.29, 0.717) is 11.6 Å². The molecule has 1 saturated heterocycles. The minimum atomic E-state index is 0.196. The number of hydrogen-bond acceptors (Lipinski definition) is 4. The van der Waals surface area contributed by atoms with Gasteiger partial charge in [-0.05, 0) is 24.5 Å². The van der Waals surface area contributed by atoms with E-state index in [0.717, 1.165) is 25.3 Å². The lowest BCUT2D eigenvalue weighted by atomic mass is 9.94. The van der Waals surface area contributed by atoms with Crippen LogP contribution in [-0.4, -0.2) is 24.1 Å². The molecular weight excluding hydrogens is 200 g/mol. The van der Waals surface area contributed by atoms with Crippen LogP contribution in [0, 0.1) is 17.2 Å². The van der Waals surface area contributed by atoms with Gasteiger partial charge in [-0.15, -0.1) is 0 Å². The van der Waals surface area contributed by atoms with E-state index in [9.17, 15) is 0 Å². The van der Waals surface area contributed by atoms with Crippen molar-refractivity contribution >= 4 is 5.82 Å². The van der Waals surface area contributed by atoms with Crippen LogP contribution in [-0.2, 0) is 0 Å². The van der Waals surface area contributed by atoms with E-state index < -0.39 is 0 Å². The normalized spacial score (nSPS) is 25.2. The Kier molecular flexibility index (Phi) is 3.07. The minimum Gasteiger partial charge on any atom is -0.355 e. The molecule has 0 spiro atoms. The second-order valence-corrected chi connectivity index (χ2v) is 4.37. The average Bonchev–Trinajstić information content (AvgIpc) is 2.33. The van der Waals surface area contributed by atoms with E-state index in [4.69, 9.17) is 11.0 Å². The minimum absolute atomic E-state index is 0.196. The van der Waals surface area contributed by atoms with Gasteiger partial charge in [-0.1, -0.05) is 13.0 Å². The van der Waals surface area contributed by atoms with Gasteiger partial charge in [0.1, 0.15) is 17.6 Å². The average molecular weight is 216 g/mol. The predicted octanol–water partition coefficient (Wildman–Crippen LogP) is 1.13. The summed E-state index contributed by atoms with van der Waals surface area (Å²) in [6.45, 7) is 3.97. The Balaban J connectivity index is 2.16. The van der Waals surface area contributed by atoms with Gasteiger partial charge in [0.15, 0.2) is 0 Å². The number of aromatic nitrogens is 1. The lowest BCUT2D eigenvalue weighted by Gasteiger charge is -2.35. The van der Waals surface area contributed by atoms with Crippen molar-refractivity contribution in [1.29, 1.82) is 5.26 Å². The first-order valence-corrected chi connectivity index (χ1v) is 5.58. The maximum Gasteiger partial charge on any atom is 0.142 e. The first-order valence-electron chi connectivity index (χ1n) is 5.58. The van der Waals surface area contributed by atoms with E-state index in [1.807, 2.05) is 12.1 Å². The van der Waals surface area contributed by atoms with Crippen LogP contribution < -0.4 is 10.6 Å². The summed E-state index contributed by atoms with van der Waals surface area (Å²) in [6.07, 6.45) is 1.08. The van der Waals surface area contributed by atoms with Gasteiger partial charge in [-0.2, -0.15) is 5.26 Å². The molecule has 1 fully saturated rings. The Morgan fingerprint density at radius 2 is 2.38 bits per heavy atom. The van der Waals surface area contributed by atoms with Gasteiger partial charge < -0.3 is 10.6 Å². The Morgan fingerprint density at radius 3 is 3.06 bits per heavy atom. The van der Waals surface area contributed by atoms with Gasteiger partial charge >= 0.3 is 0 Å². The topological polar surface area (TPSA) is 65.9 Å². The second-order valence-electron chi connectivity index (χ2n) is 4.37. The molecule has 0 amide bonds. The highest BCUT2D eigenvalue weighted by Crippen LogP contribution is 2.20. The maximum absolute atomic E-state index is 8.80. The molecule has 84 valence electrons. The summed E-state index contributed by atoms with van der Waals surface area (Å²) in [5.74, 6) is 1.43. The van der Waals surface area contributed by atoms with Crippen molar-refractivity contribution in [2.75, 3.05) is 18.0 Å². The lowest BCUT2D eigenvalue weighted by molar-refractivity contribution is 0.378. The molecule has 2 N–H and O–H groups in total. The first kappa shape index (κ1) is 10.9. The molecule has 0 aromatic carbocycles. The van der Waals surface area contributed by atoms with Crippen LogP contribution in [0.2, 0.25) is 0 Å². The van der Waals surface area contributed by atoms with Crippen molar-refractivity contribution in [3.63, 3.8) is 0 Å². The molecule has 1 aliphatic rings. The van der Waals surface area contributed by atoms with Gasteiger partial charge in [-0.25, -0.2) is 4.98 Å². The molecule has 0 bridgehead atoms. The Labute approximate surface area is 95.7 Å². The molecule has 2 unspecified atom stereocenters. The summed E-state index contributed by atoms with van der Waals surface area (Å²) < 4.78 is 0. The van der Waals surface area contributed by atoms with Crippen molar-refractivity contribution in [3.8, 4) is 6.07 Å². The van der Waals surface area contributed by atoms with E-state index in [1.165, 1.54) is 0 Å². The number of anilines is 1. The molecular formula is C12H16N4. The molecule has 0 radical (unpaired) electrons. The highest BCUT2D eigenvalue weighted by atomic mass is 15.2. The molecule has 1 aromatic rings. The summed E-state index contributed by atoms with van der Waals surface area (Å²) in [6, 6.07) is 7.77. The summed E-state index contributed by atoms with van der Waals surface area (Å²) in [4.78, 5) is 6.44. The van der Waals surface area contributed by atoms with E-state index >= 15 is 0 Å². The number of nitrogens with two attached hydrogens (primary N) is 1. The quantitative estimate of drug-likeness (QED) is 0.764. The smallest absolute Gasteiger partial charge is 0.142 e. The fraction of sp³-hybridized carbons (Fsp3) is 0.500. The van der Waals surface area contributed by atoms with Crippen LogP contribution >= 0.6 is 0 Å². The van der Waals surface area contributed by atoms with E-state index in [2.05, 4.69) is 22.9 Å². The van der Waals surface area contributed by atoms with Crippen LogP contribution in [0.3, 0.4) is 0 Å². The van der Waals surface area contributed by atoms with Gasteiger partial charge in [-0.3, -0.25) is 0 Å². The standard InChI is InChI=1S/C12H16N4/c1-9-5-6-16(8-11(9)14)12-4-2-3-10(7-13)15-12/h2-4,9,11H,5-6,8,14H2,1H3. The molecule has 0 aliphatic carbocycles. The molecule has 2 rings (SSSR count). The zero-order valence-electron chi connectivity index (χ0n) is 9.43. The van der Waals surface area contributed by atoms with Crippen LogP contribution in [0.1, 0.15) is 19.0 Å². The molecule has 1 aliphatic heterocycles. The number of hydrogen-bond donors (Lipinski definition) is 1. The summed E-state index contributed by atoms with van der Waals surface area (Å²) in [5.41, 5.74) is 6.50. The van der Waals surface area contributed by atoms with Crippen molar-refractivity contribution in [3.05, 3.63) is 23.9 Å². The maximum atomic E-state index is 8.80. The van der Waals surface area contributed by atoms with Crippen molar-refractivity contribution < 1.29 is 0 Å². The molecule has 4 nitrogen and oxygen atoms in total. The SMILES string of the molecule is CC1CCN(c2cccc(C#N)n2)CC1N. The van der Waals surface area contributed by atoms with Gasteiger partial charge in [0.25, 0.3) is 0 Å². The van der Waals surface area contributed by atoms with Crippen LogP contribution in [0.5, 0.6) is 0 Å². The van der Waals surface area contributed by atoms with Crippen LogP contribution in [0.25, 0.3) is 0 Å². The first-order chi connectivity index (χ1) is 7.70. The lowest BCUT2D eigenvalue weighted by Crippen LogP contribution is -2.47. The monoisotopic (exact) mass is 216 g/mol. The fourth-order valence-electron chi connectivity index (χ4n) is 1.97. The van der Waals surface area contributed by atoms with E-state index in [1.54, 1.807) is 6.07 Å². The Morgan fingerprint density at radius 1 is 1.56 bits per heavy atom. The number of piperidine rings is 1. The Bertz CT molecular complexity index is 410. The molecule has 16 heavy (non-hydrogen) atoms. The summed E-state index contributed by atoms with van der Waals surface area (Å²) in [7, 11) is 0. The molecule has 0 saturated carbocycles. The molecule has 2 heterocycles. The largest absolute Gasteiger partial charge is 0.355 e. The summed E-state index contributed by atoms with van der Waals surface area (Å²) in [5, 5.41) is 8.80. The van der Waals surface area contributed by atoms with E-state index in [-0.39, 0.29) is 6.04 Å². The van der Waals surface area contributed by atoms with Gasteiger partial charge in [0.05, 0.1) is 0 Å². The third-order valence-electron chi connectivity index (χ3n) is 3.19. The number of nitrogens with zero attached hydrogens (tertiary/aromatic N) is 3. The zero-order chi connectivity index (χ0) is 11.5. The second kappa shape index (κ2) is 4.50. The van der Waals surface area contributed by atoms with Crippen molar-refractivity contribution in [2.24, 2.45) is 11.7 Å². The molecule has 1 aromatic heterocycles. The summed E-state index contributed by atoms with van der Waals surface area (Å²) >= 11 is 0. The highest BCUT2D eigenvalue weighted by molar-refractivity contribution is 5.42. The molecule has 4 heteroatoms. The highest BCUT2D eigenvalue weighted by Gasteiger charge is 2.23. The zero-order valence-corrected chi connectivity index (χ0v) is 9.43. The molecule has 2 atom stereocenters. The van der Waals surface area contributed by atoms with Crippen molar-refractivity contribution in [1.82, 2.24) is 4.98 Å². The third kappa shape index (κ3) is 2.15. The van der Waals surface area contributed by atoms with Crippen LogP contribution in [0.15, 0.2) is 18.2 Å². The number of pyridine rings is 1.